The molecule has 2 rings (SSSR count). The predicted octanol–water partition coefficient (Wildman–Crippen LogP) is 2.83. The van der Waals surface area contributed by atoms with Gasteiger partial charge in [-0.25, -0.2) is 4.98 Å². The highest BCUT2D eigenvalue weighted by atomic mass is 32.1. The van der Waals surface area contributed by atoms with Crippen LogP contribution >= 0.6 is 11.3 Å². The Hall–Kier alpha value is -1.30. The molecule has 118 valence electrons. The quantitative estimate of drug-likeness (QED) is 0.841. The molecule has 1 amide bonds. The van der Waals surface area contributed by atoms with Gasteiger partial charge in [-0.05, 0) is 32.1 Å². The molecule has 0 aliphatic heterocycles. The van der Waals surface area contributed by atoms with Crippen molar-refractivity contribution in [2.45, 2.75) is 39.5 Å². The number of nitrogens with two attached hydrogens (primary N) is 1. The van der Waals surface area contributed by atoms with Crippen LogP contribution in [0, 0.1) is 5.92 Å². The summed E-state index contributed by atoms with van der Waals surface area (Å²) in [5, 5.41) is 0.831. The monoisotopic (exact) mass is 310 g/mol. The van der Waals surface area contributed by atoms with E-state index in [2.05, 4.69) is 16.8 Å². The fraction of sp³-hybridized carbons (Fsp3) is 0.733. The summed E-state index contributed by atoms with van der Waals surface area (Å²) in [5.41, 5.74) is 5.97. The van der Waals surface area contributed by atoms with Crippen LogP contribution in [-0.4, -0.2) is 42.5 Å². The van der Waals surface area contributed by atoms with E-state index in [0.717, 1.165) is 31.2 Å². The summed E-state index contributed by atoms with van der Waals surface area (Å²) in [7, 11) is 1.99. The number of aromatic nitrogens is 1. The summed E-state index contributed by atoms with van der Waals surface area (Å²) in [5.74, 6) is 1.08. The third-order valence-corrected chi connectivity index (χ3v) is 5.27. The van der Waals surface area contributed by atoms with E-state index in [9.17, 15) is 4.79 Å². The van der Waals surface area contributed by atoms with Gasteiger partial charge in [0.05, 0.1) is 0 Å². The predicted molar refractivity (Wildman–Crippen MR) is 89.0 cm³/mol. The van der Waals surface area contributed by atoms with Gasteiger partial charge in [0.2, 0.25) is 0 Å². The fourth-order valence-electron chi connectivity index (χ4n) is 2.55. The van der Waals surface area contributed by atoms with E-state index >= 15 is 0 Å². The maximum atomic E-state index is 12.7. The average molecular weight is 310 g/mol. The maximum absolute atomic E-state index is 12.7. The van der Waals surface area contributed by atoms with Crippen LogP contribution in [0.2, 0.25) is 0 Å². The summed E-state index contributed by atoms with van der Waals surface area (Å²) in [4.78, 5) is 21.6. The Balaban J connectivity index is 2.09. The number of carbonyl (C=O) groups is 1. The van der Waals surface area contributed by atoms with Crippen LogP contribution in [0.5, 0.6) is 0 Å². The van der Waals surface area contributed by atoms with Gasteiger partial charge >= 0.3 is 0 Å². The van der Waals surface area contributed by atoms with Crippen LogP contribution in [0.3, 0.4) is 0 Å². The van der Waals surface area contributed by atoms with Gasteiger partial charge in [0.1, 0.15) is 10.7 Å². The normalized spacial score (nSPS) is 14.8. The van der Waals surface area contributed by atoms with E-state index in [1.807, 2.05) is 18.9 Å². The summed E-state index contributed by atoms with van der Waals surface area (Å²) in [6, 6.07) is 0. The molecule has 0 aromatic carbocycles. The van der Waals surface area contributed by atoms with Crippen LogP contribution in [0.25, 0.3) is 0 Å². The second kappa shape index (κ2) is 7.11. The molecule has 0 unspecified atom stereocenters. The van der Waals surface area contributed by atoms with Crippen molar-refractivity contribution in [3.63, 3.8) is 0 Å². The Morgan fingerprint density at radius 2 is 2.14 bits per heavy atom. The summed E-state index contributed by atoms with van der Waals surface area (Å²) >= 11 is 1.41. The van der Waals surface area contributed by atoms with E-state index in [1.54, 1.807) is 0 Å². The summed E-state index contributed by atoms with van der Waals surface area (Å²) in [6.45, 7) is 6.65. The van der Waals surface area contributed by atoms with Crippen LogP contribution < -0.4 is 10.6 Å². The van der Waals surface area contributed by atoms with Crippen molar-refractivity contribution < 1.29 is 4.79 Å². The first-order chi connectivity index (χ1) is 10.1. The van der Waals surface area contributed by atoms with Crippen molar-refractivity contribution in [2.24, 2.45) is 5.92 Å². The Morgan fingerprint density at radius 1 is 1.43 bits per heavy atom. The van der Waals surface area contributed by atoms with Crippen LogP contribution in [0.1, 0.15) is 49.2 Å². The first-order valence-electron chi connectivity index (χ1n) is 7.83. The van der Waals surface area contributed by atoms with E-state index in [4.69, 9.17) is 5.73 Å². The fourth-order valence-corrected chi connectivity index (χ4v) is 3.49. The lowest BCUT2D eigenvalue weighted by atomic mass is 9.85. The van der Waals surface area contributed by atoms with Gasteiger partial charge < -0.3 is 15.5 Å². The van der Waals surface area contributed by atoms with E-state index < -0.39 is 0 Å². The number of hydrogen-bond donors (Lipinski definition) is 1. The number of carbonyl (C=O) groups excluding carboxylic acids is 1. The Morgan fingerprint density at radius 3 is 2.67 bits per heavy atom. The molecule has 21 heavy (non-hydrogen) atoms. The molecule has 0 bridgehead atoms. The van der Waals surface area contributed by atoms with Gasteiger partial charge in [-0.15, -0.1) is 0 Å². The van der Waals surface area contributed by atoms with Gasteiger partial charge in [-0.1, -0.05) is 24.7 Å². The highest BCUT2D eigenvalue weighted by Gasteiger charge is 2.26. The van der Waals surface area contributed by atoms with Crippen molar-refractivity contribution in [1.29, 1.82) is 0 Å². The largest absolute Gasteiger partial charge is 0.382 e. The highest BCUT2D eigenvalue weighted by molar-refractivity contribution is 7.18. The van der Waals surface area contributed by atoms with Gasteiger partial charge in [-0.3, -0.25) is 4.79 Å². The highest BCUT2D eigenvalue weighted by Crippen LogP contribution is 2.31. The molecule has 1 heterocycles. The Labute approximate surface area is 131 Å². The maximum Gasteiger partial charge on any atom is 0.267 e. The minimum atomic E-state index is 0.0375. The zero-order valence-corrected chi connectivity index (χ0v) is 14.1. The lowest BCUT2D eigenvalue weighted by Gasteiger charge is -2.31. The zero-order valence-electron chi connectivity index (χ0n) is 13.3. The molecule has 1 aliphatic rings. The lowest BCUT2D eigenvalue weighted by Crippen LogP contribution is -2.37. The number of nitrogens with zero attached hydrogens (tertiary/aromatic N) is 3. The lowest BCUT2D eigenvalue weighted by molar-refractivity contribution is 0.0712. The number of rotatable bonds is 7. The molecule has 0 atom stereocenters. The number of amides is 1. The first-order valence-corrected chi connectivity index (χ1v) is 8.65. The molecule has 6 heteroatoms. The van der Waals surface area contributed by atoms with Crippen molar-refractivity contribution >= 4 is 28.2 Å². The van der Waals surface area contributed by atoms with E-state index in [1.165, 1.54) is 30.6 Å². The van der Waals surface area contributed by atoms with Crippen LogP contribution in [-0.2, 0) is 0 Å². The molecule has 1 aromatic rings. The van der Waals surface area contributed by atoms with Crippen molar-refractivity contribution in [1.82, 2.24) is 9.88 Å². The van der Waals surface area contributed by atoms with E-state index in [0.29, 0.717) is 16.6 Å². The number of anilines is 2. The van der Waals surface area contributed by atoms with E-state index in [-0.39, 0.29) is 5.91 Å². The number of thiazole rings is 1. The smallest absolute Gasteiger partial charge is 0.267 e. The first kappa shape index (κ1) is 16.1. The second-order valence-electron chi connectivity index (χ2n) is 5.77. The van der Waals surface area contributed by atoms with Gasteiger partial charge in [0, 0.05) is 26.7 Å². The molecule has 5 nitrogen and oxygen atoms in total. The van der Waals surface area contributed by atoms with Crippen molar-refractivity contribution in [3.05, 3.63) is 4.88 Å². The molecule has 1 aromatic heterocycles. The molecule has 2 N–H and O–H groups in total. The van der Waals surface area contributed by atoms with Crippen LogP contribution in [0.15, 0.2) is 0 Å². The topological polar surface area (TPSA) is 62.5 Å². The molecule has 1 fully saturated rings. The molecular weight excluding hydrogens is 284 g/mol. The minimum Gasteiger partial charge on any atom is -0.382 e. The molecular formula is C15H26N4OS. The number of hydrogen-bond acceptors (Lipinski definition) is 5. The SMILES string of the molecule is CCCN(C)c1nc(N)c(C(=O)N(CC)CC2CCC2)s1. The average Bonchev–Trinajstić information content (AvgIpc) is 2.79. The standard InChI is InChI=1S/C15H26N4OS/c1-4-9-18(3)15-17-13(16)12(21-15)14(20)19(5-2)10-11-7-6-8-11/h11H,4-10,16H2,1-3H3. The van der Waals surface area contributed by atoms with Gasteiger partial charge in [0.25, 0.3) is 5.91 Å². The summed E-state index contributed by atoms with van der Waals surface area (Å²) < 4.78 is 0. The molecule has 1 saturated carbocycles. The molecule has 0 saturated heterocycles. The van der Waals surface area contributed by atoms with Crippen LogP contribution in [0.4, 0.5) is 10.9 Å². The zero-order chi connectivity index (χ0) is 15.4. The number of nitrogen functional groups attached to an aromatic ring is 1. The third-order valence-electron chi connectivity index (χ3n) is 4.09. The molecule has 1 aliphatic carbocycles. The van der Waals surface area contributed by atoms with Gasteiger partial charge in [-0.2, -0.15) is 0 Å². The van der Waals surface area contributed by atoms with Gasteiger partial charge in [0.15, 0.2) is 5.13 Å². The Kier molecular flexibility index (Phi) is 5.45. The second-order valence-corrected chi connectivity index (χ2v) is 6.75. The molecule has 0 spiro atoms. The van der Waals surface area contributed by atoms with Crippen molar-refractivity contribution in [3.8, 4) is 0 Å². The molecule has 0 radical (unpaired) electrons. The third kappa shape index (κ3) is 3.67. The summed E-state index contributed by atoms with van der Waals surface area (Å²) in [6.07, 6.45) is 4.83. The Bertz CT molecular complexity index is 484. The van der Waals surface area contributed by atoms with Crippen molar-refractivity contribution in [2.75, 3.05) is 37.3 Å². The minimum absolute atomic E-state index is 0.0375.